The summed E-state index contributed by atoms with van der Waals surface area (Å²) in [5.74, 6) is 0.675. The fraction of sp³-hybridized carbons (Fsp3) is 0.684. The number of nitrogens with zero attached hydrogens (tertiary/aromatic N) is 4. The number of carbonyl (C=O) groups excluding carboxylic acids is 1. The van der Waals surface area contributed by atoms with Crippen molar-refractivity contribution < 1.29 is 17.9 Å². The number of piperidine rings is 1. The minimum Gasteiger partial charge on any atom is -0.453 e. The molecular formula is C19H30ClN5O4S. The Kier molecular flexibility index (Phi) is 7.30. The predicted molar refractivity (Wildman–Crippen MR) is 118 cm³/mol. The van der Waals surface area contributed by atoms with Gasteiger partial charge in [-0.25, -0.2) is 18.2 Å². The lowest BCUT2D eigenvalue weighted by atomic mass is 9.98. The number of nitrogens with one attached hydrogen (secondary N) is 1. The molecule has 1 amide bonds. The third-order valence-corrected chi connectivity index (χ3v) is 6.68. The molecule has 11 heteroatoms. The Morgan fingerprint density at radius 2 is 2.00 bits per heavy atom. The van der Waals surface area contributed by atoms with Crippen LogP contribution in [0, 0.1) is 0 Å². The largest absolute Gasteiger partial charge is 0.453 e. The number of amides is 1. The van der Waals surface area contributed by atoms with E-state index >= 15 is 0 Å². The summed E-state index contributed by atoms with van der Waals surface area (Å²) in [6.45, 7) is 6.10. The number of hydrogen-bond acceptors (Lipinski definition) is 7. The van der Waals surface area contributed by atoms with Crippen molar-refractivity contribution in [1.82, 2.24) is 14.8 Å². The summed E-state index contributed by atoms with van der Waals surface area (Å²) in [4.78, 5) is 22.6. The Morgan fingerprint density at radius 3 is 2.57 bits per heavy atom. The second kappa shape index (κ2) is 9.57. The van der Waals surface area contributed by atoms with Gasteiger partial charge >= 0.3 is 6.09 Å². The van der Waals surface area contributed by atoms with Gasteiger partial charge in [0.25, 0.3) is 0 Å². The lowest BCUT2D eigenvalue weighted by molar-refractivity contribution is 0.0568. The summed E-state index contributed by atoms with van der Waals surface area (Å²) in [5, 5.41) is 0.429. The molecular weight excluding hydrogens is 430 g/mol. The van der Waals surface area contributed by atoms with Gasteiger partial charge in [0.1, 0.15) is 5.82 Å². The van der Waals surface area contributed by atoms with E-state index in [-0.39, 0.29) is 6.09 Å². The maximum absolute atomic E-state index is 11.7. The van der Waals surface area contributed by atoms with Crippen LogP contribution in [-0.2, 0) is 14.8 Å². The fourth-order valence-corrected chi connectivity index (χ4v) is 5.17. The van der Waals surface area contributed by atoms with Crippen molar-refractivity contribution in [3.63, 3.8) is 0 Å². The highest BCUT2D eigenvalue weighted by atomic mass is 35.5. The molecule has 0 aromatic carbocycles. The van der Waals surface area contributed by atoms with Gasteiger partial charge in [0.15, 0.2) is 0 Å². The van der Waals surface area contributed by atoms with Crippen LogP contribution >= 0.6 is 11.6 Å². The van der Waals surface area contributed by atoms with Gasteiger partial charge < -0.3 is 14.5 Å². The van der Waals surface area contributed by atoms with Crippen molar-refractivity contribution in [2.24, 2.45) is 0 Å². The van der Waals surface area contributed by atoms with Gasteiger partial charge in [-0.2, -0.15) is 0 Å². The van der Waals surface area contributed by atoms with E-state index < -0.39 is 10.0 Å². The molecule has 168 valence electrons. The SMILES string of the molecule is CCC1CN(c2ncc(NS(C)(=O)=O)cc2Cl)CCN1C1CCN(C(=O)OC)CC1. The molecule has 3 rings (SSSR count). The van der Waals surface area contributed by atoms with E-state index in [1.165, 1.54) is 13.3 Å². The molecule has 1 atom stereocenters. The second-order valence-electron chi connectivity index (χ2n) is 7.84. The number of carbonyl (C=O) groups is 1. The molecule has 0 spiro atoms. The number of halogens is 1. The number of methoxy groups -OCH3 is 1. The number of likely N-dealkylation sites (tertiary alicyclic amines) is 1. The van der Waals surface area contributed by atoms with Crippen molar-refractivity contribution in [2.45, 2.75) is 38.3 Å². The molecule has 3 heterocycles. The number of sulfonamides is 1. The molecule has 30 heavy (non-hydrogen) atoms. The van der Waals surface area contributed by atoms with Crippen LogP contribution in [-0.4, -0.2) is 87.5 Å². The fourth-order valence-electron chi connectivity index (χ4n) is 4.35. The summed E-state index contributed by atoms with van der Waals surface area (Å²) < 4.78 is 30.1. The molecule has 1 aromatic heterocycles. The number of ether oxygens (including phenoxy) is 1. The topological polar surface area (TPSA) is 95.1 Å². The van der Waals surface area contributed by atoms with E-state index in [1.807, 2.05) is 0 Å². The highest BCUT2D eigenvalue weighted by molar-refractivity contribution is 7.92. The molecule has 0 bridgehead atoms. The Hall–Kier alpha value is -1.78. The standard InChI is InChI=1S/C19H30ClN5O4S/c1-4-15-13-24(18-17(20)11-14(12-21-18)22-30(3,27)28)9-10-25(15)16-5-7-23(8-6-16)19(26)29-2/h11-12,15-16,22H,4-10,13H2,1-3H3. The zero-order valence-electron chi connectivity index (χ0n) is 17.7. The van der Waals surface area contributed by atoms with Gasteiger partial charge in [0, 0.05) is 44.8 Å². The van der Waals surface area contributed by atoms with Gasteiger partial charge in [0.2, 0.25) is 10.0 Å². The molecule has 2 saturated heterocycles. The average Bonchev–Trinajstić information content (AvgIpc) is 2.72. The second-order valence-corrected chi connectivity index (χ2v) is 9.99. The molecule has 1 unspecified atom stereocenters. The molecule has 2 fully saturated rings. The van der Waals surface area contributed by atoms with Crippen LogP contribution in [0.1, 0.15) is 26.2 Å². The van der Waals surface area contributed by atoms with Crippen LogP contribution in [0.3, 0.4) is 0 Å². The van der Waals surface area contributed by atoms with E-state index in [9.17, 15) is 13.2 Å². The summed E-state index contributed by atoms with van der Waals surface area (Å²) in [7, 11) is -1.96. The van der Waals surface area contributed by atoms with E-state index in [1.54, 1.807) is 11.0 Å². The normalized spacial score (nSPS) is 21.5. The Labute approximate surface area is 183 Å². The maximum Gasteiger partial charge on any atom is 0.409 e. The van der Waals surface area contributed by atoms with Crippen molar-refractivity contribution in [3.8, 4) is 0 Å². The van der Waals surface area contributed by atoms with E-state index in [0.717, 1.165) is 58.2 Å². The Balaban J connectivity index is 1.64. The van der Waals surface area contributed by atoms with E-state index in [4.69, 9.17) is 16.3 Å². The average molecular weight is 460 g/mol. The minimum atomic E-state index is -3.38. The van der Waals surface area contributed by atoms with Crippen LogP contribution in [0.15, 0.2) is 12.3 Å². The first-order valence-corrected chi connectivity index (χ1v) is 12.5. The summed E-state index contributed by atoms with van der Waals surface area (Å²) in [5.41, 5.74) is 0.356. The van der Waals surface area contributed by atoms with Crippen LogP contribution in [0.25, 0.3) is 0 Å². The number of piperazine rings is 1. The highest BCUT2D eigenvalue weighted by Gasteiger charge is 2.34. The van der Waals surface area contributed by atoms with Gasteiger partial charge in [-0.15, -0.1) is 0 Å². The van der Waals surface area contributed by atoms with Gasteiger partial charge in [-0.3, -0.25) is 9.62 Å². The number of hydrogen-bond donors (Lipinski definition) is 1. The molecule has 2 aliphatic rings. The monoisotopic (exact) mass is 459 g/mol. The Morgan fingerprint density at radius 1 is 1.30 bits per heavy atom. The third kappa shape index (κ3) is 5.47. The van der Waals surface area contributed by atoms with Crippen molar-refractivity contribution >= 4 is 39.2 Å². The summed E-state index contributed by atoms with van der Waals surface area (Å²) >= 11 is 6.43. The molecule has 0 aliphatic carbocycles. The van der Waals surface area contributed by atoms with Crippen molar-refractivity contribution in [3.05, 3.63) is 17.3 Å². The first-order valence-electron chi connectivity index (χ1n) is 10.2. The van der Waals surface area contributed by atoms with Crippen LogP contribution in [0.5, 0.6) is 0 Å². The van der Waals surface area contributed by atoms with Crippen molar-refractivity contribution in [1.29, 1.82) is 0 Å². The minimum absolute atomic E-state index is 0.250. The van der Waals surface area contributed by atoms with Gasteiger partial charge in [0.05, 0.1) is 30.3 Å². The van der Waals surface area contributed by atoms with Gasteiger partial charge in [-0.05, 0) is 25.3 Å². The van der Waals surface area contributed by atoms with Crippen LogP contribution < -0.4 is 9.62 Å². The number of anilines is 2. The Bertz CT molecular complexity index is 860. The van der Waals surface area contributed by atoms with E-state index in [2.05, 4.69) is 26.4 Å². The first-order chi connectivity index (χ1) is 14.2. The molecule has 1 N–H and O–H groups in total. The lowest BCUT2D eigenvalue weighted by Crippen LogP contribution is -2.58. The molecule has 9 nitrogen and oxygen atoms in total. The third-order valence-electron chi connectivity index (χ3n) is 5.79. The maximum atomic E-state index is 11.7. The van der Waals surface area contributed by atoms with E-state index in [0.29, 0.717) is 28.6 Å². The molecule has 2 aliphatic heterocycles. The first kappa shape index (κ1) is 22.9. The molecule has 0 radical (unpaired) electrons. The van der Waals surface area contributed by atoms with Crippen LogP contribution in [0.2, 0.25) is 5.02 Å². The quantitative estimate of drug-likeness (QED) is 0.721. The summed E-state index contributed by atoms with van der Waals surface area (Å²) in [6, 6.07) is 2.41. The summed E-state index contributed by atoms with van der Waals surface area (Å²) in [6.07, 6.45) is 5.22. The van der Waals surface area contributed by atoms with Crippen LogP contribution in [0.4, 0.5) is 16.3 Å². The number of rotatable bonds is 5. The smallest absolute Gasteiger partial charge is 0.409 e. The number of pyridine rings is 1. The van der Waals surface area contributed by atoms with Crippen molar-refractivity contribution in [2.75, 3.05) is 55.7 Å². The lowest BCUT2D eigenvalue weighted by Gasteiger charge is -2.47. The number of aromatic nitrogens is 1. The predicted octanol–water partition coefficient (Wildman–Crippen LogP) is 2.24. The molecule has 0 saturated carbocycles. The zero-order valence-corrected chi connectivity index (χ0v) is 19.2. The van der Waals surface area contributed by atoms with Gasteiger partial charge in [-0.1, -0.05) is 18.5 Å². The highest BCUT2D eigenvalue weighted by Crippen LogP contribution is 2.30. The zero-order chi connectivity index (χ0) is 21.9. The molecule has 1 aromatic rings.